The van der Waals surface area contributed by atoms with Crippen molar-refractivity contribution < 1.29 is 9.21 Å². The zero-order valence-electron chi connectivity index (χ0n) is 12.8. The highest BCUT2D eigenvalue weighted by Gasteiger charge is 2.18. The van der Waals surface area contributed by atoms with Crippen LogP contribution in [0.4, 0.5) is 0 Å². The van der Waals surface area contributed by atoms with Crippen LogP contribution in [0.3, 0.4) is 0 Å². The lowest BCUT2D eigenvalue weighted by molar-refractivity contribution is 0.0712. The largest absolute Gasteiger partial charge is 0.459 e. The maximum absolute atomic E-state index is 12.6. The van der Waals surface area contributed by atoms with E-state index in [0.29, 0.717) is 18.8 Å². The summed E-state index contributed by atoms with van der Waals surface area (Å²) in [5, 5.41) is 0. The van der Waals surface area contributed by atoms with Gasteiger partial charge < -0.3 is 9.32 Å². The molecule has 0 bridgehead atoms. The molecule has 1 amide bonds. The number of furan rings is 1. The van der Waals surface area contributed by atoms with Crippen LogP contribution in [0.2, 0.25) is 0 Å². The molecule has 0 fully saturated rings. The van der Waals surface area contributed by atoms with Gasteiger partial charge in [-0.3, -0.25) is 9.78 Å². The average molecular weight is 306 g/mol. The Morgan fingerprint density at radius 1 is 1.00 bits per heavy atom. The van der Waals surface area contributed by atoms with Gasteiger partial charge in [0.05, 0.1) is 6.26 Å². The highest BCUT2D eigenvalue weighted by atomic mass is 16.3. The van der Waals surface area contributed by atoms with E-state index in [2.05, 4.69) is 17.1 Å². The quantitative estimate of drug-likeness (QED) is 0.699. The van der Waals surface area contributed by atoms with Crippen molar-refractivity contribution in [3.63, 3.8) is 0 Å². The first kappa shape index (κ1) is 15.0. The lowest BCUT2D eigenvalue weighted by atomic mass is 10.1. The van der Waals surface area contributed by atoms with E-state index in [1.165, 1.54) is 11.8 Å². The Hall–Kier alpha value is -2.88. The number of nitrogens with zero attached hydrogens (tertiary/aromatic N) is 2. The predicted octanol–water partition coefficient (Wildman–Crippen LogP) is 3.56. The molecule has 0 N–H and O–H groups in total. The molecule has 0 atom stereocenters. The van der Waals surface area contributed by atoms with Gasteiger partial charge in [0.25, 0.3) is 5.91 Å². The van der Waals surface area contributed by atoms with Gasteiger partial charge in [-0.25, -0.2) is 0 Å². The number of hydrogen-bond donors (Lipinski definition) is 0. The second-order valence-corrected chi connectivity index (χ2v) is 5.30. The molecule has 3 rings (SSSR count). The van der Waals surface area contributed by atoms with Gasteiger partial charge in [0.15, 0.2) is 5.76 Å². The third-order valence-electron chi connectivity index (χ3n) is 3.63. The molecule has 0 aliphatic heterocycles. The Kier molecular flexibility index (Phi) is 4.84. The van der Waals surface area contributed by atoms with Crippen molar-refractivity contribution >= 4 is 5.91 Å². The molecule has 0 saturated heterocycles. The molecule has 0 aliphatic rings. The van der Waals surface area contributed by atoms with Crippen LogP contribution in [0.5, 0.6) is 0 Å². The van der Waals surface area contributed by atoms with Crippen LogP contribution in [-0.4, -0.2) is 22.3 Å². The van der Waals surface area contributed by atoms with E-state index in [0.717, 1.165) is 12.0 Å². The predicted molar refractivity (Wildman–Crippen MR) is 87.8 cm³/mol. The van der Waals surface area contributed by atoms with E-state index in [1.807, 2.05) is 30.3 Å². The van der Waals surface area contributed by atoms with Crippen molar-refractivity contribution in [2.45, 2.75) is 13.0 Å². The Labute approximate surface area is 135 Å². The van der Waals surface area contributed by atoms with Crippen molar-refractivity contribution in [1.29, 1.82) is 0 Å². The fraction of sp³-hybridized carbons (Fsp3) is 0.158. The number of amides is 1. The molecule has 4 heteroatoms. The molecule has 3 aromatic rings. The highest BCUT2D eigenvalue weighted by Crippen LogP contribution is 2.12. The number of pyridine rings is 1. The topological polar surface area (TPSA) is 46.3 Å². The lowest BCUT2D eigenvalue weighted by Gasteiger charge is -2.21. The number of carbonyl (C=O) groups is 1. The summed E-state index contributed by atoms with van der Waals surface area (Å²) >= 11 is 0. The standard InChI is InChI=1S/C19H18N2O2/c22-19(18-9-5-13-23-18)21(15-17-8-4-11-20-14-17)12-10-16-6-2-1-3-7-16/h1-9,11,13-14H,10,12,15H2. The minimum absolute atomic E-state index is 0.102. The summed E-state index contributed by atoms with van der Waals surface area (Å²) in [5.74, 6) is 0.261. The Balaban J connectivity index is 1.74. The van der Waals surface area contributed by atoms with Crippen molar-refractivity contribution in [3.05, 3.63) is 90.1 Å². The molecule has 0 unspecified atom stereocenters. The Morgan fingerprint density at radius 3 is 2.52 bits per heavy atom. The number of aromatic nitrogens is 1. The van der Waals surface area contributed by atoms with E-state index in [4.69, 9.17) is 4.42 Å². The summed E-state index contributed by atoms with van der Waals surface area (Å²) in [5.41, 5.74) is 2.20. The van der Waals surface area contributed by atoms with Gasteiger partial charge in [-0.2, -0.15) is 0 Å². The summed E-state index contributed by atoms with van der Waals surface area (Å²) in [6.07, 6.45) is 5.83. The van der Waals surface area contributed by atoms with Crippen LogP contribution in [0.1, 0.15) is 21.7 Å². The van der Waals surface area contributed by atoms with Crippen molar-refractivity contribution in [2.75, 3.05) is 6.54 Å². The van der Waals surface area contributed by atoms with Crippen molar-refractivity contribution in [3.8, 4) is 0 Å². The van der Waals surface area contributed by atoms with E-state index >= 15 is 0 Å². The molecule has 23 heavy (non-hydrogen) atoms. The minimum Gasteiger partial charge on any atom is -0.459 e. The second-order valence-electron chi connectivity index (χ2n) is 5.30. The fourth-order valence-corrected chi connectivity index (χ4v) is 2.43. The van der Waals surface area contributed by atoms with E-state index in [9.17, 15) is 4.79 Å². The first-order valence-corrected chi connectivity index (χ1v) is 7.58. The highest BCUT2D eigenvalue weighted by molar-refractivity contribution is 5.91. The first-order chi connectivity index (χ1) is 11.3. The zero-order chi connectivity index (χ0) is 15.9. The number of rotatable bonds is 6. The molecular formula is C19H18N2O2. The molecule has 2 heterocycles. The molecule has 0 radical (unpaired) electrons. The van der Waals surface area contributed by atoms with Gasteiger partial charge in [0.2, 0.25) is 0 Å². The summed E-state index contributed by atoms with van der Waals surface area (Å²) in [6.45, 7) is 1.14. The minimum atomic E-state index is -0.102. The maximum atomic E-state index is 12.6. The van der Waals surface area contributed by atoms with Gasteiger partial charge >= 0.3 is 0 Å². The first-order valence-electron chi connectivity index (χ1n) is 7.58. The zero-order valence-corrected chi connectivity index (χ0v) is 12.8. The van der Waals surface area contributed by atoms with E-state index in [-0.39, 0.29) is 5.91 Å². The van der Waals surface area contributed by atoms with Gasteiger partial charge in [-0.05, 0) is 35.7 Å². The normalized spacial score (nSPS) is 10.4. The third kappa shape index (κ3) is 4.07. The third-order valence-corrected chi connectivity index (χ3v) is 3.63. The van der Waals surface area contributed by atoms with Gasteiger partial charge in [-0.15, -0.1) is 0 Å². The van der Waals surface area contributed by atoms with Crippen LogP contribution < -0.4 is 0 Å². The van der Waals surface area contributed by atoms with Crippen molar-refractivity contribution in [1.82, 2.24) is 9.88 Å². The Morgan fingerprint density at radius 2 is 1.83 bits per heavy atom. The van der Waals surface area contributed by atoms with Crippen LogP contribution in [0, 0.1) is 0 Å². The monoisotopic (exact) mass is 306 g/mol. The summed E-state index contributed by atoms with van der Waals surface area (Å²) < 4.78 is 5.26. The smallest absolute Gasteiger partial charge is 0.289 e. The molecule has 1 aromatic carbocycles. The van der Waals surface area contributed by atoms with Crippen LogP contribution in [0.15, 0.2) is 77.7 Å². The number of carbonyl (C=O) groups excluding carboxylic acids is 1. The van der Waals surface area contributed by atoms with Gasteiger partial charge in [0, 0.05) is 25.5 Å². The fourth-order valence-electron chi connectivity index (χ4n) is 2.43. The lowest BCUT2D eigenvalue weighted by Crippen LogP contribution is -2.32. The molecule has 0 saturated carbocycles. The second kappa shape index (κ2) is 7.40. The average Bonchev–Trinajstić information content (AvgIpc) is 3.14. The maximum Gasteiger partial charge on any atom is 0.289 e. The summed E-state index contributed by atoms with van der Waals surface area (Å²) in [6, 6.07) is 17.4. The summed E-state index contributed by atoms with van der Waals surface area (Å²) in [7, 11) is 0. The molecular weight excluding hydrogens is 288 g/mol. The molecule has 4 nitrogen and oxygen atoms in total. The van der Waals surface area contributed by atoms with Crippen molar-refractivity contribution in [2.24, 2.45) is 0 Å². The van der Waals surface area contributed by atoms with Crippen LogP contribution >= 0.6 is 0 Å². The molecule has 116 valence electrons. The van der Waals surface area contributed by atoms with Crippen LogP contribution in [-0.2, 0) is 13.0 Å². The number of hydrogen-bond acceptors (Lipinski definition) is 3. The van der Waals surface area contributed by atoms with Crippen LogP contribution in [0.25, 0.3) is 0 Å². The number of benzene rings is 1. The Bertz CT molecular complexity index is 725. The molecule has 0 spiro atoms. The molecule has 2 aromatic heterocycles. The summed E-state index contributed by atoms with van der Waals surface area (Å²) in [4.78, 5) is 18.6. The molecule has 0 aliphatic carbocycles. The van der Waals surface area contributed by atoms with E-state index in [1.54, 1.807) is 29.4 Å². The van der Waals surface area contributed by atoms with E-state index < -0.39 is 0 Å². The van der Waals surface area contributed by atoms with Gasteiger partial charge in [-0.1, -0.05) is 36.4 Å². The van der Waals surface area contributed by atoms with Gasteiger partial charge in [0.1, 0.15) is 0 Å². The SMILES string of the molecule is O=C(c1ccco1)N(CCc1ccccc1)Cc1cccnc1.